The number of alkyl halides is 6. The Bertz CT molecular complexity index is 1350. The van der Waals surface area contributed by atoms with E-state index in [0.29, 0.717) is 49.6 Å². The first-order valence-electron chi connectivity index (χ1n) is 12.2. The van der Waals surface area contributed by atoms with Crippen LogP contribution >= 0.6 is 0 Å². The van der Waals surface area contributed by atoms with Crippen LogP contribution in [0.2, 0.25) is 0 Å². The molecule has 0 aliphatic carbocycles. The van der Waals surface area contributed by atoms with E-state index in [1.54, 1.807) is 0 Å². The molecule has 1 heterocycles. The molecule has 40 heavy (non-hydrogen) atoms. The molecule has 1 aliphatic rings. The van der Waals surface area contributed by atoms with E-state index in [1.807, 2.05) is 31.2 Å². The number of fused-ring (bicyclic) bond motifs is 1. The molecule has 0 aromatic heterocycles. The van der Waals surface area contributed by atoms with E-state index < -0.39 is 35.0 Å². The minimum atomic E-state index is -5.09. The first kappa shape index (κ1) is 28.8. The lowest BCUT2D eigenvalue weighted by molar-refractivity contribution is -0.143. The summed E-state index contributed by atoms with van der Waals surface area (Å²) in [5.74, 6) is -0.462. The minimum Gasteiger partial charge on any atom is -0.494 e. The summed E-state index contributed by atoms with van der Waals surface area (Å²) in [6.45, 7) is 2.48. The summed E-state index contributed by atoms with van der Waals surface area (Å²) in [4.78, 5) is 26.7. The van der Waals surface area contributed by atoms with Gasteiger partial charge in [-0.2, -0.15) is 26.3 Å². The second kappa shape index (κ2) is 11.5. The van der Waals surface area contributed by atoms with E-state index in [2.05, 4.69) is 5.32 Å². The Kier molecular flexibility index (Phi) is 8.26. The molecule has 1 N–H and O–H groups in total. The number of carbonyl (C=O) groups is 2. The lowest BCUT2D eigenvalue weighted by Crippen LogP contribution is -2.39. The second-order valence-corrected chi connectivity index (χ2v) is 9.13. The summed E-state index contributed by atoms with van der Waals surface area (Å²) in [6.07, 6.45) is -8.99. The van der Waals surface area contributed by atoms with Crippen LogP contribution in [0.25, 0.3) is 0 Å². The summed E-state index contributed by atoms with van der Waals surface area (Å²) < 4.78 is 90.3. The van der Waals surface area contributed by atoms with Gasteiger partial charge < -0.3 is 19.7 Å². The fourth-order valence-corrected chi connectivity index (χ4v) is 4.01. The second-order valence-electron chi connectivity index (χ2n) is 9.13. The molecule has 0 radical (unpaired) electrons. The maximum Gasteiger partial charge on any atom is 0.416 e. The fourth-order valence-electron chi connectivity index (χ4n) is 4.01. The Morgan fingerprint density at radius 3 is 2.20 bits per heavy atom. The number of anilines is 2. The lowest BCUT2D eigenvalue weighted by atomic mass is 10.0. The van der Waals surface area contributed by atoms with Crippen LogP contribution in [-0.2, 0) is 17.1 Å². The van der Waals surface area contributed by atoms with Gasteiger partial charge in [-0.15, -0.1) is 0 Å². The van der Waals surface area contributed by atoms with E-state index in [4.69, 9.17) is 9.47 Å². The van der Waals surface area contributed by atoms with Crippen LogP contribution in [0.5, 0.6) is 11.5 Å². The third kappa shape index (κ3) is 7.04. The number of rotatable bonds is 8. The van der Waals surface area contributed by atoms with Gasteiger partial charge in [-0.1, -0.05) is 17.7 Å². The average Bonchev–Trinajstić information content (AvgIpc) is 2.89. The van der Waals surface area contributed by atoms with E-state index in [-0.39, 0.29) is 24.3 Å². The fraction of sp³-hybridized carbons (Fsp3) is 0.286. The molecular formula is C28H24F6N2O4. The number of unbranched alkanes of at least 4 members (excludes halogenated alkanes) is 1. The third-order valence-corrected chi connectivity index (χ3v) is 6.08. The molecule has 0 bridgehead atoms. The number of halogens is 6. The zero-order chi connectivity index (χ0) is 29.1. The van der Waals surface area contributed by atoms with Crippen molar-refractivity contribution in [3.8, 4) is 11.5 Å². The van der Waals surface area contributed by atoms with Gasteiger partial charge in [-0.3, -0.25) is 9.59 Å². The van der Waals surface area contributed by atoms with E-state index in [9.17, 15) is 35.9 Å². The molecule has 6 nitrogen and oxygen atoms in total. The maximum absolute atomic E-state index is 13.2. The Balaban J connectivity index is 1.46. The zero-order valence-electron chi connectivity index (χ0n) is 21.2. The Labute approximate surface area is 225 Å². The van der Waals surface area contributed by atoms with Crippen LogP contribution in [0, 0.1) is 6.92 Å². The first-order valence-corrected chi connectivity index (χ1v) is 12.2. The van der Waals surface area contributed by atoms with Crippen molar-refractivity contribution in [2.75, 3.05) is 30.0 Å². The molecule has 1 aliphatic heterocycles. The van der Waals surface area contributed by atoms with Crippen LogP contribution in [0.4, 0.5) is 37.7 Å². The van der Waals surface area contributed by atoms with Gasteiger partial charge in [0, 0.05) is 17.8 Å². The highest BCUT2D eigenvalue weighted by Crippen LogP contribution is 2.37. The van der Waals surface area contributed by atoms with Crippen molar-refractivity contribution in [2.45, 2.75) is 32.1 Å². The summed E-state index contributed by atoms with van der Waals surface area (Å²) in [5.41, 5.74) is -2.55. The monoisotopic (exact) mass is 566 g/mol. The number of hydrogen-bond donors (Lipinski definition) is 1. The molecule has 3 aromatic rings. The lowest BCUT2D eigenvalue weighted by Gasteiger charge is -2.30. The number of ether oxygens (including phenoxy) is 2. The number of hydrogen-bond acceptors (Lipinski definition) is 4. The van der Waals surface area contributed by atoms with Crippen molar-refractivity contribution in [3.63, 3.8) is 0 Å². The molecule has 0 unspecified atom stereocenters. The van der Waals surface area contributed by atoms with Crippen LogP contribution < -0.4 is 19.7 Å². The third-order valence-electron chi connectivity index (χ3n) is 6.08. The molecule has 0 atom stereocenters. The average molecular weight is 566 g/mol. The molecule has 12 heteroatoms. The van der Waals surface area contributed by atoms with E-state index in [1.165, 1.54) is 23.1 Å². The summed E-state index contributed by atoms with van der Waals surface area (Å²) in [7, 11) is 0. The maximum atomic E-state index is 13.2. The number of nitrogens with zero attached hydrogens (tertiary/aromatic N) is 1. The van der Waals surface area contributed by atoms with Gasteiger partial charge in [0.1, 0.15) is 11.5 Å². The normalized spacial score (nSPS) is 13.5. The van der Waals surface area contributed by atoms with Crippen molar-refractivity contribution in [2.24, 2.45) is 0 Å². The Morgan fingerprint density at radius 2 is 1.57 bits per heavy atom. The van der Waals surface area contributed by atoms with Crippen LogP contribution in [-0.4, -0.2) is 31.6 Å². The number of benzene rings is 3. The first-order chi connectivity index (χ1) is 18.8. The largest absolute Gasteiger partial charge is 0.494 e. The van der Waals surface area contributed by atoms with Crippen molar-refractivity contribution in [1.82, 2.24) is 0 Å². The standard InChI is InChI=1S/C28H24F6N2O4/c1-17-4-7-22(8-5-17)39-11-3-2-10-36-23-15-21(6-9-24(23)40-16-25(36)37)35-26(38)18-12-19(27(29,30)31)14-20(13-18)28(32,33)34/h4-9,12-15H,2-3,10-11,16H2,1H3,(H,35,38). The van der Waals surface area contributed by atoms with Gasteiger partial charge in [0.15, 0.2) is 6.61 Å². The zero-order valence-corrected chi connectivity index (χ0v) is 21.2. The van der Waals surface area contributed by atoms with Crippen LogP contribution in [0.1, 0.15) is 39.9 Å². The van der Waals surface area contributed by atoms with Crippen molar-refractivity contribution in [3.05, 3.63) is 82.9 Å². The van der Waals surface area contributed by atoms with Gasteiger partial charge in [0.05, 0.1) is 23.4 Å². The summed E-state index contributed by atoms with van der Waals surface area (Å²) in [5, 5.41) is 2.31. The van der Waals surface area contributed by atoms with Crippen molar-refractivity contribution < 1.29 is 45.4 Å². The van der Waals surface area contributed by atoms with Crippen LogP contribution in [0.15, 0.2) is 60.7 Å². The van der Waals surface area contributed by atoms with E-state index >= 15 is 0 Å². The number of carbonyl (C=O) groups excluding carboxylic acids is 2. The highest BCUT2D eigenvalue weighted by Gasteiger charge is 2.37. The molecule has 0 fully saturated rings. The molecular weight excluding hydrogens is 542 g/mol. The Morgan fingerprint density at radius 1 is 0.925 bits per heavy atom. The molecule has 0 saturated heterocycles. The topological polar surface area (TPSA) is 67.9 Å². The quantitative estimate of drug-likeness (QED) is 0.239. The SMILES string of the molecule is Cc1ccc(OCCCCN2C(=O)COc3ccc(NC(=O)c4cc(C(F)(F)F)cc(C(F)(F)F)c4)cc32)cc1. The molecule has 2 amide bonds. The Hall–Kier alpha value is -4.22. The summed E-state index contributed by atoms with van der Waals surface area (Å²) >= 11 is 0. The van der Waals surface area contributed by atoms with Gasteiger partial charge in [0.2, 0.25) is 0 Å². The molecule has 212 valence electrons. The van der Waals surface area contributed by atoms with E-state index in [0.717, 1.165) is 11.3 Å². The van der Waals surface area contributed by atoms with Gasteiger partial charge in [0.25, 0.3) is 11.8 Å². The van der Waals surface area contributed by atoms with Gasteiger partial charge in [-0.05, 0) is 68.3 Å². The van der Waals surface area contributed by atoms with Gasteiger partial charge >= 0.3 is 12.4 Å². The highest BCUT2D eigenvalue weighted by molar-refractivity contribution is 6.05. The molecule has 0 spiro atoms. The van der Waals surface area contributed by atoms with Gasteiger partial charge in [-0.25, -0.2) is 0 Å². The summed E-state index contributed by atoms with van der Waals surface area (Å²) in [6, 6.07) is 12.4. The minimum absolute atomic E-state index is 0.0532. The molecule has 0 saturated carbocycles. The number of aryl methyl sites for hydroxylation is 1. The van der Waals surface area contributed by atoms with Crippen molar-refractivity contribution in [1.29, 1.82) is 0 Å². The number of amides is 2. The molecule has 4 rings (SSSR count). The highest BCUT2D eigenvalue weighted by atomic mass is 19.4. The predicted molar refractivity (Wildman–Crippen MR) is 135 cm³/mol. The molecule has 3 aromatic carbocycles. The number of nitrogens with one attached hydrogen (secondary N) is 1. The smallest absolute Gasteiger partial charge is 0.416 e. The van der Waals surface area contributed by atoms with Crippen molar-refractivity contribution >= 4 is 23.2 Å². The van der Waals surface area contributed by atoms with Crippen LogP contribution in [0.3, 0.4) is 0 Å². The predicted octanol–water partition coefficient (Wildman–Crippen LogP) is 6.87.